The molecule has 0 aliphatic carbocycles. The molecule has 0 atom stereocenters. The Hall–Kier alpha value is -1.37. The van der Waals surface area contributed by atoms with Crippen molar-refractivity contribution >= 4 is 10.9 Å². The molecule has 0 saturated heterocycles. The lowest BCUT2D eigenvalue weighted by atomic mass is 10.1. The van der Waals surface area contributed by atoms with Gasteiger partial charge in [0.2, 0.25) is 0 Å². The van der Waals surface area contributed by atoms with Crippen LogP contribution in [0.2, 0.25) is 0 Å². The lowest BCUT2D eigenvalue weighted by molar-refractivity contribution is 0.656. The van der Waals surface area contributed by atoms with Crippen molar-refractivity contribution in [2.45, 2.75) is 52.9 Å². The van der Waals surface area contributed by atoms with Crippen molar-refractivity contribution in [3.63, 3.8) is 0 Å². The number of rotatable bonds is 4. The topological polar surface area (TPSA) is 12.9 Å². The van der Waals surface area contributed by atoms with E-state index in [1.165, 1.54) is 43.1 Å². The van der Waals surface area contributed by atoms with E-state index < -0.39 is 0 Å². The van der Waals surface area contributed by atoms with Crippen LogP contribution in [0.4, 0.5) is 0 Å². The van der Waals surface area contributed by atoms with Crippen LogP contribution in [0, 0.1) is 6.92 Å². The molecule has 98 valence electrons. The fraction of sp³-hybridized carbons (Fsp3) is 0.471. The number of hydrogen-bond donors (Lipinski definition) is 0. The molecule has 0 spiro atoms. The van der Waals surface area contributed by atoms with E-state index in [0.717, 1.165) is 5.52 Å². The molecule has 0 saturated carbocycles. The molecule has 1 aromatic heterocycles. The van der Waals surface area contributed by atoms with Crippen LogP contribution in [-0.2, 0) is 0 Å². The van der Waals surface area contributed by atoms with Crippen LogP contribution >= 0.6 is 0 Å². The normalized spacial score (nSPS) is 9.94. The number of aryl methyl sites for hydroxylation is 1. The van der Waals surface area contributed by atoms with Gasteiger partial charge in [-0.1, -0.05) is 64.2 Å². The smallest absolute Gasteiger partial charge is 0.0704 e. The van der Waals surface area contributed by atoms with Crippen LogP contribution in [0.5, 0.6) is 0 Å². The maximum atomic E-state index is 4.24. The number of hydrogen-bond acceptors (Lipinski definition) is 1. The second-order valence-electron chi connectivity index (χ2n) is 4.71. The van der Waals surface area contributed by atoms with Crippen molar-refractivity contribution < 1.29 is 0 Å². The fourth-order valence-corrected chi connectivity index (χ4v) is 1.92. The van der Waals surface area contributed by atoms with Crippen LogP contribution in [0.25, 0.3) is 10.9 Å². The molecule has 2 rings (SSSR count). The molecule has 0 unspecified atom stereocenters. The third-order valence-corrected chi connectivity index (χ3v) is 3.07. The van der Waals surface area contributed by atoms with Gasteiger partial charge in [0.15, 0.2) is 0 Å². The Kier molecular flexibility index (Phi) is 7.09. The Bertz CT molecular complexity index is 439. The number of unbranched alkanes of at least 4 members (excludes halogenated alkanes) is 4. The highest BCUT2D eigenvalue weighted by atomic mass is 14.6. The average Bonchev–Trinajstić information content (AvgIpc) is 2.41. The van der Waals surface area contributed by atoms with Crippen LogP contribution in [0.15, 0.2) is 36.5 Å². The van der Waals surface area contributed by atoms with E-state index in [0.29, 0.717) is 0 Å². The van der Waals surface area contributed by atoms with E-state index in [1.54, 1.807) is 0 Å². The SMILES string of the molecule is CCCCCCC.Cc1ccnc2ccccc12. The number of nitrogens with zero attached hydrogens (tertiary/aromatic N) is 1. The number of aromatic nitrogens is 1. The fourth-order valence-electron chi connectivity index (χ4n) is 1.92. The molecule has 0 radical (unpaired) electrons. The molecule has 1 heterocycles. The summed E-state index contributed by atoms with van der Waals surface area (Å²) < 4.78 is 0. The van der Waals surface area contributed by atoms with Gasteiger partial charge in [0.25, 0.3) is 0 Å². The first-order valence-corrected chi connectivity index (χ1v) is 7.10. The van der Waals surface area contributed by atoms with Gasteiger partial charge in [-0.15, -0.1) is 0 Å². The predicted molar refractivity (Wildman–Crippen MR) is 80.9 cm³/mol. The zero-order chi connectivity index (χ0) is 13.2. The second-order valence-corrected chi connectivity index (χ2v) is 4.71. The van der Waals surface area contributed by atoms with Gasteiger partial charge >= 0.3 is 0 Å². The van der Waals surface area contributed by atoms with Gasteiger partial charge in [-0.25, -0.2) is 0 Å². The zero-order valence-corrected chi connectivity index (χ0v) is 11.9. The molecular formula is C17H25N. The highest BCUT2D eigenvalue weighted by molar-refractivity contribution is 5.81. The molecule has 1 aromatic carbocycles. The summed E-state index contributed by atoms with van der Waals surface area (Å²) in [5, 5.41) is 1.25. The first-order valence-electron chi connectivity index (χ1n) is 7.10. The van der Waals surface area contributed by atoms with Crippen molar-refractivity contribution in [1.82, 2.24) is 4.98 Å². The molecule has 0 aliphatic rings. The third kappa shape index (κ3) is 4.87. The largest absolute Gasteiger partial charge is 0.256 e. The van der Waals surface area contributed by atoms with Gasteiger partial charge in [-0.2, -0.15) is 0 Å². The third-order valence-electron chi connectivity index (χ3n) is 3.07. The minimum Gasteiger partial charge on any atom is -0.256 e. The summed E-state index contributed by atoms with van der Waals surface area (Å²) in [6.07, 6.45) is 8.85. The van der Waals surface area contributed by atoms with Crippen LogP contribution in [-0.4, -0.2) is 4.98 Å². The quantitative estimate of drug-likeness (QED) is 0.644. The maximum absolute atomic E-state index is 4.24. The van der Waals surface area contributed by atoms with E-state index >= 15 is 0 Å². The highest BCUT2D eigenvalue weighted by Crippen LogP contribution is 2.13. The minimum atomic E-state index is 1.08. The summed E-state index contributed by atoms with van der Waals surface area (Å²) >= 11 is 0. The molecule has 18 heavy (non-hydrogen) atoms. The first-order chi connectivity index (χ1) is 8.79. The standard InChI is InChI=1S/C10H9N.C7H16/c1-8-6-7-11-10-5-3-2-4-9(8)10;1-3-5-7-6-4-2/h2-7H,1H3;3-7H2,1-2H3. The van der Waals surface area contributed by atoms with Gasteiger partial charge in [0.1, 0.15) is 0 Å². The Morgan fingerprint density at radius 2 is 1.56 bits per heavy atom. The zero-order valence-electron chi connectivity index (χ0n) is 11.9. The lowest BCUT2D eigenvalue weighted by Crippen LogP contribution is -1.79. The van der Waals surface area contributed by atoms with Gasteiger partial charge in [-0.3, -0.25) is 4.98 Å². The Morgan fingerprint density at radius 3 is 2.17 bits per heavy atom. The maximum Gasteiger partial charge on any atom is 0.0704 e. The lowest BCUT2D eigenvalue weighted by Gasteiger charge is -1.97. The molecule has 2 aromatic rings. The average molecular weight is 243 g/mol. The molecule has 1 heteroatoms. The van der Waals surface area contributed by atoms with Crippen molar-refractivity contribution in [3.05, 3.63) is 42.1 Å². The summed E-state index contributed by atoms with van der Waals surface area (Å²) in [5.41, 5.74) is 2.36. The molecule has 0 bridgehead atoms. The number of benzene rings is 1. The Balaban J connectivity index is 0.000000203. The molecule has 0 N–H and O–H groups in total. The number of pyridine rings is 1. The monoisotopic (exact) mass is 243 g/mol. The van der Waals surface area contributed by atoms with Crippen molar-refractivity contribution in [1.29, 1.82) is 0 Å². The predicted octanol–water partition coefficient (Wildman–Crippen LogP) is 5.52. The highest BCUT2D eigenvalue weighted by Gasteiger charge is 1.93. The summed E-state index contributed by atoms with van der Waals surface area (Å²) in [6, 6.07) is 10.2. The van der Waals surface area contributed by atoms with Gasteiger partial charge in [0.05, 0.1) is 5.52 Å². The Labute approximate surface area is 111 Å². The molecule has 0 amide bonds. The van der Waals surface area contributed by atoms with Crippen LogP contribution in [0.3, 0.4) is 0 Å². The minimum absolute atomic E-state index is 1.08. The number of para-hydroxylation sites is 1. The molecular weight excluding hydrogens is 218 g/mol. The van der Waals surface area contributed by atoms with Crippen molar-refractivity contribution in [2.24, 2.45) is 0 Å². The van der Waals surface area contributed by atoms with Gasteiger partial charge < -0.3 is 0 Å². The molecule has 0 aliphatic heterocycles. The van der Waals surface area contributed by atoms with E-state index in [1.807, 2.05) is 30.5 Å². The summed E-state index contributed by atoms with van der Waals surface area (Å²) in [6.45, 7) is 6.59. The first kappa shape index (κ1) is 14.7. The van der Waals surface area contributed by atoms with Gasteiger partial charge in [-0.05, 0) is 24.6 Å². The van der Waals surface area contributed by atoms with Crippen molar-refractivity contribution in [3.8, 4) is 0 Å². The van der Waals surface area contributed by atoms with Crippen LogP contribution < -0.4 is 0 Å². The second kappa shape index (κ2) is 8.68. The molecule has 1 nitrogen and oxygen atoms in total. The number of fused-ring (bicyclic) bond motifs is 1. The van der Waals surface area contributed by atoms with Crippen molar-refractivity contribution in [2.75, 3.05) is 0 Å². The van der Waals surface area contributed by atoms with E-state index in [4.69, 9.17) is 0 Å². The van der Waals surface area contributed by atoms with E-state index in [2.05, 4.69) is 31.8 Å². The summed E-state index contributed by atoms with van der Waals surface area (Å²) in [7, 11) is 0. The van der Waals surface area contributed by atoms with E-state index in [9.17, 15) is 0 Å². The van der Waals surface area contributed by atoms with Crippen LogP contribution in [0.1, 0.15) is 51.5 Å². The summed E-state index contributed by atoms with van der Waals surface area (Å²) in [4.78, 5) is 4.24. The Morgan fingerprint density at radius 1 is 0.889 bits per heavy atom. The summed E-state index contributed by atoms with van der Waals surface area (Å²) in [5.74, 6) is 0. The van der Waals surface area contributed by atoms with Gasteiger partial charge in [0, 0.05) is 11.6 Å². The molecule has 0 fully saturated rings. The van der Waals surface area contributed by atoms with E-state index in [-0.39, 0.29) is 0 Å².